The third-order valence-corrected chi connectivity index (χ3v) is 9.32. The zero-order valence-electron chi connectivity index (χ0n) is 20.9. The molecule has 0 saturated carbocycles. The SMILES string of the molecule is Cc1csc(NS(=O)(=O)c2ccc(N3CCN(C(=O)[C@@H](C)N4CCCc5cc(F)ccc54)CC3)cc2)n1. The van der Waals surface area contributed by atoms with Crippen molar-refractivity contribution >= 4 is 43.8 Å². The Bertz CT molecular complexity index is 1390. The number of nitrogens with one attached hydrogen (secondary N) is 1. The predicted octanol–water partition coefficient (Wildman–Crippen LogP) is 3.88. The number of aryl methyl sites for hydroxylation is 2. The summed E-state index contributed by atoms with van der Waals surface area (Å²) in [5.74, 6) is -0.172. The topological polar surface area (TPSA) is 85.8 Å². The summed E-state index contributed by atoms with van der Waals surface area (Å²) in [6, 6.07) is 11.3. The first-order valence-corrected chi connectivity index (χ1v) is 14.7. The second kappa shape index (κ2) is 10.3. The van der Waals surface area contributed by atoms with Gasteiger partial charge in [-0.15, -0.1) is 11.3 Å². The molecule has 2 aliphatic rings. The third-order valence-electron chi connectivity index (χ3n) is 6.97. The molecule has 0 radical (unpaired) electrons. The second-order valence-electron chi connectivity index (χ2n) is 9.45. The number of anilines is 3. The number of hydrogen-bond donors (Lipinski definition) is 1. The molecule has 3 aromatic rings. The normalized spacial score (nSPS) is 16.9. The standard InChI is InChI=1S/C26H30FN5O3S2/c1-18-17-36-26(28-18)29-37(34,35)23-8-6-22(7-9-23)30-12-14-31(15-13-30)25(33)19(2)32-11-3-4-20-16-21(27)5-10-24(20)32/h5-10,16-17,19H,3-4,11-15H2,1-2H3,(H,28,29)/t19-/m1/s1. The molecular formula is C26H30FN5O3S2. The summed E-state index contributed by atoms with van der Waals surface area (Å²) in [5.41, 5.74) is 3.58. The number of aromatic nitrogens is 1. The number of nitrogens with zero attached hydrogens (tertiary/aromatic N) is 4. The largest absolute Gasteiger partial charge is 0.368 e. The number of sulfonamides is 1. The van der Waals surface area contributed by atoms with Crippen molar-refractivity contribution in [2.75, 3.05) is 47.2 Å². The second-order valence-corrected chi connectivity index (χ2v) is 12.0. The Morgan fingerprint density at radius 3 is 2.49 bits per heavy atom. The summed E-state index contributed by atoms with van der Waals surface area (Å²) in [6.07, 6.45) is 1.72. The van der Waals surface area contributed by atoms with E-state index in [1.54, 1.807) is 41.8 Å². The van der Waals surface area contributed by atoms with Crippen LogP contribution in [0.2, 0.25) is 0 Å². The van der Waals surface area contributed by atoms with Crippen LogP contribution >= 0.6 is 11.3 Å². The molecule has 1 aromatic heterocycles. The number of amides is 1. The summed E-state index contributed by atoms with van der Waals surface area (Å²) in [6.45, 7) is 6.99. The Morgan fingerprint density at radius 1 is 1.08 bits per heavy atom. The van der Waals surface area contributed by atoms with Crippen LogP contribution < -0.4 is 14.5 Å². The molecule has 1 saturated heterocycles. The Hall–Kier alpha value is -3.18. The third kappa shape index (κ3) is 5.42. The highest BCUT2D eigenvalue weighted by atomic mass is 32.2. The van der Waals surface area contributed by atoms with Crippen LogP contribution in [-0.4, -0.2) is 63.0 Å². The molecule has 37 heavy (non-hydrogen) atoms. The van der Waals surface area contributed by atoms with E-state index in [1.807, 2.05) is 18.7 Å². The molecule has 0 aliphatic carbocycles. The predicted molar refractivity (Wildman–Crippen MR) is 144 cm³/mol. The van der Waals surface area contributed by atoms with Gasteiger partial charge in [-0.2, -0.15) is 0 Å². The van der Waals surface area contributed by atoms with E-state index in [9.17, 15) is 17.6 Å². The summed E-state index contributed by atoms with van der Waals surface area (Å²) in [7, 11) is -3.71. The van der Waals surface area contributed by atoms with Gasteiger partial charge < -0.3 is 14.7 Å². The molecule has 3 heterocycles. The first kappa shape index (κ1) is 25.5. The van der Waals surface area contributed by atoms with Crippen LogP contribution in [0.25, 0.3) is 0 Å². The van der Waals surface area contributed by atoms with Gasteiger partial charge >= 0.3 is 0 Å². The van der Waals surface area contributed by atoms with Crippen molar-refractivity contribution < 1.29 is 17.6 Å². The van der Waals surface area contributed by atoms with Crippen LogP contribution in [0.5, 0.6) is 0 Å². The zero-order chi connectivity index (χ0) is 26.2. The lowest BCUT2D eigenvalue weighted by Gasteiger charge is -2.41. The van der Waals surface area contributed by atoms with Crippen molar-refractivity contribution in [3.8, 4) is 0 Å². The summed E-state index contributed by atoms with van der Waals surface area (Å²) in [5, 5.41) is 2.13. The summed E-state index contributed by atoms with van der Waals surface area (Å²) < 4.78 is 41.6. The van der Waals surface area contributed by atoms with Gasteiger partial charge in [0.2, 0.25) is 5.91 Å². The first-order chi connectivity index (χ1) is 17.7. The van der Waals surface area contributed by atoms with Crippen LogP contribution in [0.1, 0.15) is 24.6 Å². The Morgan fingerprint density at radius 2 is 1.81 bits per heavy atom. The van der Waals surface area contributed by atoms with Crippen molar-refractivity contribution in [1.82, 2.24) is 9.88 Å². The molecule has 1 atom stereocenters. The quantitative estimate of drug-likeness (QED) is 0.508. The molecule has 0 bridgehead atoms. The highest BCUT2D eigenvalue weighted by Crippen LogP contribution is 2.30. The van der Waals surface area contributed by atoms with Crippen molar-refractivity contribution in [2.45, 2.75) is 37.6 Å². The van der Waals surface area contributed by atoms with E-state index in [4.69, 9.17) is 0 Å². The highest BCUT2D eigenvalue weighted by Gasteiger charge is 2.31. The highest BCUT2D eigenvalue weighted by molar-refractivity contribution is 7.93. The zero-order valence-corrected chi connectivity index (χ0v) is 22.5. The molecule has 1 amide bonds. The number of hydrogen-bond acceptors (Lipinski definition) is 7. The number of fused-ring (bicyclic) bond motifs is 1. The van der Waals surface area contributed by atoms with E-state index in [0.717, 1.165) is 42.0 Å². The van der Waals surface area contributed by atoms with Crippen molar-refractivity contribution in [2.24, 2.45) is 0 Å². The van der Waals surface area contributed by atoms with E-state index in [0.29, 0.717) is 31.3 Å². The number of carbonyl (C=O) groups is 1. The number of rotatable bonds is 6. The van der Waals surface area contributed by atoms with E-state index >= 15 is 0 Å². The minimum atomic E-state index is -3.71. The first-order valence-electron chi connectivity index (χ1n) is 12.3. The molecular weight excluding hydrogens is 513 g/mol. The van der Waals surface area contributed by atoms with Crippen molar-refractivity contribution in [1.29, 1.82) is 0 Å². The van der Waals surface area contributed by atoms with Crippen molar-refractivity contribution in [3.05, 3.63) is 64.9 Å². The summed E-state index contributed by atoms with van der Waals surface area (Å²) >= 11 is 1.25. The van der Waals surface area contributed by atoms with Gasteiger partial charge in [-0.3, -0.25) is 9.52 Å². The van der Waals surface area contributed by atoms with E-state index < -0.39 is 10.0 Å². The molecule has 0 unspecified atom stereocenters. The number of thiazole rings is 1. The lowest BCUT2D eigenvalue weighted by atomic mass is 9.99. The van der Waals surface area contributed by atoms with Crippen molar-refractivity contribution in [3.63, 3.8) is 0 Å². The molecule has 0 spiro atoms. The van der Waals surface area contributed by atoms with Crippen LogP contribution in [0.4, 0.5) is 20.9 Å². The molecule has 1 N–H and O–H groups in total. The Balaban J connectivity index is 1.19. The maximum atomic E-state index is 13.7. The number of benzene rings is 2. The molecule has 2 aromatic carbocycles. The van der Waals surface area contributed by atoms with Gasteiger partial charge in [0.25, 0.3) is 10.0 Å². The molecule has 8 nitrogen and oxygen atoms in total. The molecule has 11 heteroatoms. The maximum absolute atomic E-state index is 13.7. The van der Waals surface area contributed by atoms with Gasteiger partial charge in [-0.05, 0) is 74.7 Å². The van der Waals surface area contributed by atoms with Gasteiger partial charge in [-0.25, -0.2) is 17.8 Å². The molecule has 1 fully saturated rings. The monoisotopic (exact) mass is 543 g/mol. The molecule has 2 aliphatic heterocycles. The van der Waals surface area contributed by atoms with E-state index in [2.05, 4.69) is 19.5 Å². The fourth-order valence-corrected chi connectivity index (χ4v) is 6.93. The average molecular weight is 544 g/mol. The van der Waals surface area contributed by atoms with Crippen LogP contribution in [-0.2, 0) is 21.2 Å². The number of halogens is 1. The van der Waals surface area contributed by atoms with E-state index in [1.165, 1.54) is 17.4 Å². The Labute approximate surface area is 220 Å². The van der Waals surface area contributed by atoms with Crippen LogP contribution in [0.3, 0.4) is 0 Å². The lowest BCUT2D eigenvalue weighted by molar-refractivity contribution is -0.132. The minimum Gasteiger partial charge on any atom is -0.368 e. The maximum Gasteiger partial charge on any atom is 0.263 e. The number of piperazine rings is 1. The fraction of sp³-hybridized carbons (Fsp3) is 0.385. The van der Waals surface area contributed by atoms with Gasteiger partial charge in [0.1, 0.15) is 11.9 Å². The van der Waals surface area contributed by atoms with Gasteiger partial charge in [0.15, 0.2) is 5.13 Å². The lowest BCUT2D eigenvalue weighted by Crippen LogP contribution is -2.55. The molecule has 5 rings (SSSR count). The average Bonchev–Trinajstić information content (AvgIpc) is 3.31. The van der Waals surface area contributed by atoms with Gasteiger partial charge in [0.05, 0.1) is 10.6 Å². The Kier molecular flexibility index (Phi) is 7.09. The summed E-state index contributed by atoms with van der Waals surface area (Å²) in [4.78, 5) is 23.8. The van der Waals surface area contributed by atoms with Gasteiger partial charge in [0, 0.05) is 49.5 Å². The minimum absolute atomic E-state index is 0.0711. The van der Waals surface area contributed by atoms with Gasteiger partial charge in [-0.1, -0.05) is 0 Å². The number of carbonyl (C=O) groups excluding carboxylic acids is 1. The smallest absolute Gasteiger partial charge is 0.263 e. The van der Waals surface area contributed by atoms with Crippen LogP contribution in [0.15, 0.2) is 52.7 Å². The fourth-order valence-electron chi connectivity index (χ4n) is 4.99. The van der Waals surface area contributed by atoms with Crippen LogP contribution in [0, 0.1) is 12.7 Å². The molecule has 196 valence electrons. The van der Waals surface area contributed by atoms with E-state index in [-0.39, 0.29) is 22.7 Å².